The molecule has 0 spiro atoms. The van der Waals surface area contributed by atoms with Crippen molar-refractivity contribution in [2.45, 2.75) is 44.0 Å². The van der Waals surface area contributed by atoms with Crippen molar-refractivity contribution in [2.24, 2.45) is 11.1 Å². The molecule has 0 aliphatic heterocycles. The van der Waals surface area contributed by atoms with Crippen LogP contribution >= 0.6 is 0 Å². The fraction of sp³-hybridized carbons (Fsp3) is 0.429. The summed E-state index contributed by atoms with van der Waals surface area (Å²) in [6.07, 6.45) is 0.123. The van der Waals surface area contributed by atoms with Gasteiger partial charge in [0.15, 0.2) is 0 Å². The van der Waals surface area contributed by atoms with E-state index in [4.69, 9.17) is 5.14 Å². The highest BCUT2D eigenvalue weighted by atomic mass is 32.2. The molecule has 1 aromatic carbocycles. The van der Waals surface area contributed by atoms with Gasteiger partial charge < -0.3 is 9.67 Å². The molecule has 8 nitrogen and oxygen atoms in total. The van der Waals surface area contributed by atoms with Gasteiger partial charge in [0.2, 0.25) is 0 Å². The van der Waals surface area contributed by atoms with Crippen LogP contribution in [0.1, 0.15) is 35.7 Å². The molecule has 2 aromatic heterocycles. The van der Waals surface area contributed by atoms with Gasteiger partial charge in [-0.25, -0.2) is 15.1 Å². The third-order valence-corrected chi connectivity index (χ3v) is 6.46. The van der Waals surface area contributed by atoms with E-state index in [2.05, 4.69) is 14.2 Å². The second-order valence-electron chi connectivity index (χ2n) is 8.21. The molecule has 3 atom stereocenters. The van der Waals surface area contributed by atoms with Crippen LogP contribution in [0.3, 0.4) is 0 Å². The third-order valence-electron chi connectivity index (χ3n) is 6.00. The van der Waals surface area contributed by atoms with Crippen molar-refractivity contribution in [3.8, 4) is 0 Å². The highest BCUT2D eigenvalue weighted by molar-refractivity contribution is 7.84. The first-order valence-corrected chi connectivity index (χ1v) is 11.8. The molecule has 1 aliphatic carbocycles. The molecule has 1 fully saturated rings. The zero-order chi connectivity index (χ0) is 23.8. The Morgan fingerprint density at radius 1 is 1.12 bits per heavy atom. The standard InChI is InChI=1S/C21H23F3N4O4S/c22-21(23,24)15-4-1-13(2-5-15)3-6-18-17-7-8-28(20(17)27-12-26-18)16-9-14(19(29)10-16)11-32-33(25,30)31/h1-2,4-5,7-8,12,14,16,19,29H,3,6,9-11H2,(H2,25,30,31)/t14-,16+,19-/m0/s1. The number of fused-ring (bicyclic) bond motifs is 1. The van der Waals surface area contributed by atoms with Gasteiger partial charge in [-0.15, -0.1) is 0 Å². The average molecular weight is 485 g/mol. The zero-order valence-corrected chi connectivity index (χ0v) is 18.3. The Morgan fingerprint density at radius 3 is 2.52 bits per heavy atom. The van der Waals surface area contributed by atoms with Gasteiger partial charge in [-0.3, -0.25) is 4.18 Å². The van der Waals surface area contributed by atoms with Crippen molar-refractivity contribution in [1.82, 2.24) is 14.5 Å². The lowest BCUT2D eigenvalue weighted by Gasteiger charge is -2.14. The zero-order valence-electron chi connectivity index (χ0n) is 17.4. The van der Waals surface area contributed by atoms with E-state index in [9.17, 15) is 26.7 Å². The van der Waals surface area contributed by atoms with E-state index in [0.717, 1.165) is 28.8 Å². The van der Waals surface area contributed by atoms with Gasteiger partial charge in [0.1, 0.15) is 12.0 Å². The lowest BCUT2D eigenvalue weighted by Crippen LogP contribution is -2.24. The maximum absolute atomic E-state index is 12.7. The summed E-state index contributed by atoms with van der Waals surface area (Å²) in [5.41, 5.74) is 1.54. The number of aliphatic hydroxyl groups excluding tert-OH is 1. The van der Waals surface area contributed by atoms with Crippen LogP contribution in [0.25, 0.3) is 11.0 Å². The molecule has 1 aliphatic rings. The molecule has 12 heteroatoms. The SMILES string of the molecule is NS(=O)(=O)OC[C@@H]1C[C@@H](n2ccc3c(CCc4ccc(C(F)(F)F)cc4)ncnc32)C[C@@H]1O. The minimum Gasteiger partial charge on any atom is -0.393 e. The Balaban J connectivity index is 1.47. The minimum atomic E-state index is -4.36. The monoisotopic (exact) mass is 484 g/mol. The normalized spacial score (nSPS) is 21.7. The number of benzene rings is 1. The topological polar surface area (TPSA) is 120 Å². The second kappa shape index (κ2) is 9.01. The number of rotatable bonds is 7. The Bertz CT molecular complexity index is 1230. The molecule has 1 saturated carbocycles. The van der Waals surface area contributed by atoms with Crippen molar-refractivity contribution in [3.05, 3.63) is 59.7 Å². The summed E-state index contributed by atoms with van der Waals surface area (Å²) in [4.78, 5) is 8.72. The quantitative estimate of drug-likeness (QED) is 0.532. The van der Waals surface area contributed by atoms with Crippen LogP contribution in [0.15, 0.2) is 42.9 Å². The Hall–Kier alpha value is -2.54. The molecule has 2 heterocycles. The van der Waals surface area contributed by atoms with Crippen LogP contribution in [-0.4, -0.2) is 40.8 Å². The van der Waals surface area contributed by atoms with Gasteiger partial charge in [0.25, 0.3) is 0 Å². The van der Waals surface area contributed by atoms with E-state index in [1.807, 2.05) is 16.8 Å². The molecule has 4 rings (SSSR count). The number of aryl methyl sites for hydroxylation is 2. The summed E-state index contributed by atoms with van der Waals surface area (Å²) >= 11 is 0. The number of nitrogens with zero attached hydrogens (tertiary/aromatic N) is 3. The van der Waals surface area contributed by atoms with E-state index in [-0.39, 0.29) is 18.6 Å². The predicted octanol–water partition coefficient (Wildman–Crippen LogP) is 2.77. The number of aliphatic hydroxyl groups is 1. The second-order valence-corrected chi connectivity index (χ2v) is 9.43. The van der Waals surface area contributed by atoms with Crippen molar-refractivity contribution in [3.63, 3.8) is 0 Å². The molecule has 33 heavy (non-hydrogen) atoms. The number of hydrogen-bond acceptors (Lipinski definition) is 6. The van der Waals surface area contributed by atoms with Crippen LogP contribution in [0.4, 0.5) is 13.2 Å². The summed E-state index contributed by atoms with van der Waals surface area (Å²) in [5.74, 6) is -0.383. The molecule has 0 radical (unpaired) electrons. The molecule has 178 valence electrons. The van der Waals surface area contributed by atoms with Crippen LogP contribution in [-0.2, 0) is 33.5 Å². The highest BCUT2D eigenvalue weighted by Crippen LogP contribution is 2.37. The minimum absolute atomic E-state index is 0.107. The Labute approximate surface area is 188 Å². The van der Waals surface area contributed by atoms with Gasteiger partial charge in [-0.05, 0) is 49.4 Å². The lowest BCUT2D eigenvalue weighted by atomic mass is 10.0. The van der Waals surface area contributed by atoms with E-state index in [0.29, 0.717) is 31.3 Å². The van der Waals surface area contributed by atoms with Gasteiger partial charge in [0, 0.05) is 23.5 Å². The summed E-state index contributed by atoms with van der Waals surface area (Å²) in [6.45, 7) is -0.191. The van der Waals surface area contributed by atoms with Crippen LogP contribution in [0, 0.1) is 5.92 Å². The van der Waals surface area contributed by atoms with Crippen LogP contribution in [0.2, 0.25) is 0 Å². The summed E-state index contributed by atoms with van der Waals surface area (Å²) in [5, 5.41) is 16.0. The van der Waals surface area contributed by atoms with Crippen molar-refractivity contribution < 1.29 is 30.9 Å². The van der Waals surface area contributed by atoms with Crippen molar-refractivity contribution >= 4 is 21.3 Å². The first kappa shape index (κ1) is 23.6. The molecule has 0 amide bonds. The summed E-state index contributed by atoms with van der Waals surface area (Å²) in [7, 11) is -4.08. The summed E-state index contributed by atoms with van der Waals surface area (Å²) < 4.78 is 66.9. The molecule has 3 N–H and O–H groups in total. The number of alkyl halides is 3. The number of nitrogens with two attached hydrogens (primary N) is 1. The fourth-order valence-electron chi connectivity index (χ4n) is 4.30. The first-order valence-electron chi connectivity index (χ1n) is 10.3. The van der Waals surface area contributed by atoms with Gasteiger partial charge in [-0.1, -0.05) is 12.1 Å². The predicted molar refractivity (Wildman–Crippen MR) is 113 cm³/mol. The van der Waals surface area contributed by atoms with Crippen molar-refractivity contribution in [1.29, 1.82) is 0 Å². The third kappa shape index (κ3) is 5.52. The van der Waals surface area contributed by atoms with Crippen LogP contribution < -0.4 is 5.14 Å². The maximum Gasteiger partial charge on any atom is 0.416 e. The van der Waals surface area contributed by atoms with Gasteiger partial charge >= 0.3 is 16.5 Å². The fourth-order valence-corrected chi connectivity index (χ4v) is 4.67. The van der Waals surface area contributed by atoms with Gasteiger partial charge in [-0.2, -0.15) is 21.6 Å². The number of hydrogen-bond donors (Lipinski definition) is 2. The van der Waals surface area contributed by atoms with E-state index in [1.165, 1.54) is 18.5 Å². The van der Waals surface area contributed by atoms with Crippen LogP contribution in [0.5, 0.6) is 0 Å². The summed E-state index contributed by atoms with van der Waals surface area (Å²) in [6, 6.07) is 6.85. The molecule has 3 aromatic rings. The van der Waals surface area contributed by atoms with E-state index in [1.54, 1.807) is 0 Å². The molecule has 0 bridgehead atoms. The molecule has 0 saturated heterocycles. The average Bonchev–Trinajstić information content (AvgIpc) is 3.33. The first-order chi connectivity index (χ1) is 15.5. The van der Waals surface area contributed by atoms with E-state index < -0.39 is 28.1 Å². The molecule has 0 unspecified atom stereocenters. The molecular weight excluding hydrogens is 461 g/mol. The van der Waals surface area contributed by atoms with Gasteiger partial charge in [0.05, 0.1) is 24.0 Å². The molecular formula is C21H23F3N4O4S. The lowest BCUT2D eigenvalue weighted by molar-refractivity contribution is -0.137. The largest absolute Gasteiger partial charge is 0.416 e. The highest BCUT2D eigenvalue weighted by Gasteiger charge is 2.35. The maximum atomic E-state index is 12.7. The number of aromatic nitrogens is 3. The smallest absolute Gasteiger partial charge is 0.393 e. The number of halogens is 3. The Kier molecular flexibility index (Phi) is 6.45. The van der Waals surface area contributed by atoms with Crippen molar-refractivity contribution in [2.75, 3.05) is 6.61 Å². The Morgan fingerprint density at radius 2 is 1.85 bits per heavy atom. The van der Waals surface area contributed by atoms with E-state index >= 15 is 0 Å².